The first-order valence-electron chi connectivity index (χ1n) is 9.63. The van der Waals surface area contributed by atoms with Crippen molar-refractivity contribution in [3.8, 4) is 0 Å². The van der Waals surface area contributed by atoms with E-state index in [0.29, 0.717) is 5.92 Å². The third-order valence-corrected chi connectivity index (χ3v) is 5.68. The molecule has 0 amide bonds. The van der Waals surface area contributed by atoms with Crippen LogP contribution < -0.4 is 5.32 Å². The minimum atomic E-state index is -0.644. The van der Waals surface area contributed by atoms with E-state index in [-0.39, 0.29) is 18.0 Å². The number of hydrogen-bond donors (Lipinski definition) is 2. The highest BCUT2D eigenvalue weighted by Crippen LogP contribution is 2.48. The van der Waals surface area contributed by atoms with Crippen LogP contribution >= 0.6 is 0 Å². The van der Waals surface area contributed by atoms with Gasteiger partial charge in [-0.25, -0.2) is 0 Å². The van der Waals surface area contributed by atoms with Crippen molar-refractivity contribution < 1.29 is 5.11 Å². The van der Waals surface area contributed by atoms with Crippen LogP contribution in [0.15, 0.2) is 60.7 Å². The molecule has 0 unspecified atom stereocenters. The van der Waals surface area contributed by atoms with Gasteiger partial charge in [0.25, 0.3) is 0 Å². The summed E-state index contributed by atoms with van der Waals surface area (Å²) in [6, 6.07) is 21.5. The number of nitrogens with one attached hydrogen (secondary N) is 1. The number of benzene rings is 2. The van der Waals surface area contributed by atoms with Gasteiger partial charge in [0.05, 0.1) is 5.60 Å². The molecule has 3 rings (SSSR count). The molecule has 4 atom stereocenters. The van der Waals surface area contributed by atoms with Crippen LogP contribution in [0.3, 0.4) is 0 Å². The second-order valence-electron chi connectivity index (χ2n) is 7.85. The Balaban J connectivity index is 2.02. The molecule has 1 aliphatic heterocycles. The smallest absolute Gasteiger partial charge is 0.0714 e. The van der Waals surface area contributed by atoms with Gasteiger partial charge in [0.1, 0.15) is 0 Å². The monoisotopic (exact) mass is 337 g/mol. The van der Waals surface area contributed by atoms with Gasteiger partial charge < -0.3 is 10.4 Å². The summed E-state index contributed by atoms with van der Waals surface area (Å²) >= 11 is 0. The van der Waals surface area contributed by atoms with Gasteiger partial charge in [0.2, 0.25) is 0 Å². The molecule has 1 fully saturated rings. The molecule has 2 N–H and O–H groups in total. The number of aliphatic hydroxyl groups is 1. The summed E-state index contributed by atoms with van der Waals surface area (Å²) in [5.41, 5.74) is 1.89. The largest absolute Gasteiger partial charge is 0.389 e. The van der Waals surface area contributed by atoms with E-state index in [0.717, 1.165) is 19.3 Å². The van der Waals surface area contributed by atoms with Crippen LogP contribution in [0.5, 0.6) is 0 Å². The molecule has 2 aromatic rings. The molecule has 0 radical (unpaired) electrons. The predicted molar refractivity (Wildman–Crippen MR) is 104 cm³/mol. The van der Waals surface area contributed by atoms with Crippen molar-refractivity contribution >= 4 is 0 Å². The third-order valence-electron chi connectivity index (χ3n) is 5.68. The van der Waals surface area contributed by atoms with Crippen molar-refractivity contribution in [2.75, 3.05) is 0 Å². The highest BCUT2D eigenvalue weighted by Gasteiger charge is 2.48. The van der Waals surface area contributed by atoms with Crippen LogP contribution in [0.4, 0.5) is 0 Å². The number of hydrogen-bond acceptors (Lipinski definition) is 2. The first kappa shape index (κ1) is 18.2. The first-order valence-corrected chi connectivity index (χ1v) is 9.63. The summed E-state index contributed by atoms with van der Waals surface area (Å²) < 4.78 is 0. The van der Waals surface area contributed by atoms with Gasteiger partial charge in [-0.3, -0.25) is 0 Å². The van der Waals surface area contributed by atoms with E-state index in [1.165, 1.54) is 11.1 Å². The topological polar surface area (TPSA) is 32.3 Å². The summed E-state index contributed by atoms with van der Waals surface area (Å²) in [6.45, 7) is 6.66. The Labute approximate surface area is 152 Å². The lowest BCUT2D eigenvalue weighted by molar-refractivity contribution is -0.0982. The van der Waals surface area contributed by atoms with Gasteiger partial charge in [-0.1, -0.05) is 87.9 Å². The first-order chi connectivity index (χ1) is 12.0. The molecular formula is C23H31NO. The fourth-order valence-electron chi connectivity index (χ4n) is 4.75. The van der Waals surface area contributed by atoms with Crippen molar-refractivity contribution in [3.05, 3.63) is 71.8 Å². The van der Waals surface area contributed by atoms with Crippen LogP contribution in [0.1, 0.15) is 63.2 Å². The van der Waals surface area contributed by atoms with E-state index in [4.69, 9.17) is 0 Å². The fourth-order valence-corrected chi connectivity index (χ4v) is 4.75. The van der Waals surface area contributed by atoms with Crippen molar-refractivity contribution in [1.29, 1.82) is 0 Å². The molecule has 2 heteroatoms. The zero-order valence-electron chi connectivity index (χ0n) is 15.7. The van der Waals surface area contributed by atoms with Gasteiger partial charge in [-0.2, -0.15) is 0 Å². The molecule has 1 heterocycles. The summed E-state index contributed by atoms with van der Waals surface area (Å²) in [5, 5.41) is 15.6. The van der Waals surface area contributed by atoms with Crippen LogP contribution in [-0.4, -0.2) is 10.7 Å². The molecule has 0 saturated carbocycles. The normalized spacial score (nSPS) is 29.7. The number of rotatable bonds is 5. The van der Waals surface area contributed by atoms with Crippen molar-refractivity contribution in [2.45, 2.75) is 57.7 Å². The summed E-state index contributed by atoms with van der Waals surface area (Å²) in [4.78, 5) is 0. The summed E-state index contributed by atoms with van der Waals surface area (Å²) in [5.74, 6) is 0.612. The molecule has 1 saturated heterocycles. The lowest BCUT2D eigenvalue weighted by atomic mass is 9.65. The average molecular weight is 338 g/mol. The summed E-state index contributed by atoms with van der Waals surface area (Å²) in [6.07, 6.45) is 2.63. The minimum absolute atomic E-state index is 0.164. The van der Waals surface area contributed by atoms with Gasteiger partial charge in [-0.15, -0.1) is 0 Å². The second-order valence-corrected chi connectivity index (χ2v) is 7.85. The van der Waals surface area contributed by atoms with Crippen molar-refractivity contribution in [3.63, 3.8) is 0 Å². The Morgan fingerprint density at radius 3 is 2.08 bits per heavy atom. The van der Waals surface area contributed by atoms with Crippen molar-refractivity contribution in [1.82, 2.24) is 5.32 Å². The Hall–Kier alpha value is -1.64. The molecule has 134 valence electrons. The zero-order valence-corrected chi connectivity index (χ0v) is 15.7. The Bertz CT molecular complexity index is 654. The van der Waals surface area contributed by atoms with E-state index >= 15 is 0 Å². The molecule has 1 aliphatic rings. The standard InChI is InChI=1S/C23H31NO/c1-4-15-23(25)16-20(18-11-7-5-8-12-18)24-22(21(23)17(2)3)19-13-9-6-10-14-19/h5-14,17,20-22,24-25H,4,15-16H2,1-3H3/t20-,21-,22-,23+/m1/s1. The minimum Gasteiger partial charge on any atom is -0.389 e. The zero-order chi connectivity index (χ0) is 17.9. The maximum atomic E-state index is 11.7. The van der Waals surface area contributed by atoms with E-state index in [2.05, 4.69) is 86.8 Å². The Morgan fingerprint density at radius 1 is 1.00 bits per heavy atom. The third kappa shape index (κ3) is 3.80. The molecule has 2 nitrogen and oxygen atoms in total. The van der Waals surface area contributed by atoms with Crippen LogP contribution in [-0.2, 0) is 0 Å². The van der Waals surface area contributed by atoms with E-state index in [9.17, 15) is 5.11 Å². The molecule has 0 bridgehead atoms. The van der Waals surface area contributed by atoms with E-state index in [1.807, 2.05) is 0 Å². The van der Waals surface area contributed by atoms with Crippen LogP contribution in [0.25, 0.3) is 0 Å². The van der Waals surface area contributed by atoms with Crippen molar-refractivity contribution in [2.24, 2.45) is 11.8 Å². The quantitative estimate of drug-likeness (QED) is 0.779. The van der Waals surface area contributed by atoms with Gasteiger partial charge >= 0.3 is 0 Å². The summed E-state index contributed by atoms with van der Waals surface area (Å²) in [7, 11) is 0. The molecular weight excluding hydrogens is 306 g/mol. The van der Waals surface area contributed by atoms with Gasteiger partial charge in [-0.05, 0) is 29.9 Å². The Morgan fingerprint density at radius 2 is 1.56 bits per heavy atom. The SMILES string of the molecule is CCC[C@]1(O)C[C@H](c2ccccc2)N[C@H](c2ccccc2)[C@H]1C(C)C. The predicted octanol–water partition coefficient (Wildman–Crippen LogP) is 5.27. The Kier molecular flexibility index (Phi) is 5.61. The van der Waals surface area contributed by atoms with E-state index in [1.54, 1.807) is 0 Å². The second kappa shape index (κ2) is 7.72. The lowest BCUT2D eigenvalue weighted by Crippen LogP contribution is -2.55. The van der Waals surface area contributed by atoms with Crippen LogP contribution in [0.2, 0.25) is 0 Å². The molecule has 0 spiro atoms. The fraction of sp³-hybridized carbons (Fsp3) is 0.478. The molecule has 25 heavy (non-hydrogen) atoms. The van der Waals surface area contributed by atoms with Crippen LogP contribution in [0, 0.1) is 11.8 Å². The average Bonchev–Trinajstić information content (AvgIpc) is 2.62. The van der Waals surface area contributed by atoms with E-state index < -0.39 is 5.60 Å². The molecule has 2 aromatic carbocycles. The highest BCUT2D eigenvalue weighted by atomic mass is 16.3. The maximum Gasteiger partial charge on any atom is 0.0714 e. The maximum absolute atomic E-state index is 11.7. The molecule has 0 aromatic heterocycles. The van der Waals surface area contributed by atoms with Gasteiger partial charge in [0.15, 0.2) is 0 Å². The highest BCUT2D eigenvalue weighted by molar-refractivity contribution is 5.27. The molecule has 0 aliphatic carbocycles. The lowest BCUT2D eigenvalue weighted by Gasteiger charge is -2.51. The van der Waals surface area contributed by atoms with Gasteiger partial charge in [0, 0.05) is 18.0 Å². The number of piperidine rings is 1.